The minimum atomic E-state index is -0.242. The van der Waals surface area contributed by atoms with Gasteiger partial charge in [0.05, 0.1) is 0 Å². The molecule has 5 rings (SSSR count). The molecule has 2 heterocycles. The van der Waals surface area contributed by atoms with Crippen LogP contribution < -0.4 is 14.5 Å². The van der Waals surface area contributed by atoms with Gasteiger partial charge in [0.25, 0.3) is 0 Å². The Morgan fingerprint density at radius 2 is 1.63 bits per heavy atom. The highest BCUT2D eigenvalue weighted by Crippen LogP contribution is 2.41. The number of hydrogen-bond donors (Lipinski definition) is 2. The normalized spacial score (nSPS) is 21.8. The van der Waals surface area contributed by atoms with Crippen LogP contribution in [0.1, 0.15) is 42.5 Å². The standard InChI is InChI=1S/C29H32F2N2OS/c1-20(2)21-4-10-28-26(17-21)27(18-22-3-5-24(31)19-29(22)35-28)33-13-11-32(12-14-33)15-16-34-25-8-6-23(30)7-9-25/h3-10,17,19-20,27H,11-16,18H2,1-2H3/p+2/t27-/m1/s1. The van der Waals surface area contributed by atoms with Crippen molar-refractivity contribution in [2.24, 2.45) is 0 Å². The molecule has 0 aliphatic carbocycles. The SMILES string of the molecule is CC(C)c1ccc2c(c1)[C@H]([NH+]1CC[NH+](CCOc3ccc(F)cc3)CC1)Cc1ccc(F)cc1S2. The molecule has 2 aliphatic rings. The molecule has 0 bridgehead atoms. The van der Waals surface area contributed by atoms with E-state index in [0.717, 1.165) is 49.8 Å². The first-order chi connectivity index (χ1) is 17.0. The second-order valence-corrected chi connectivity index (χ2v) is 11.1. The monoisotopic (exact) mass is 496 g/mol. The van der Waals surface area contributed by atoms with E-state index in [1.54, 1.807) is 45.8 Å². The molecule has 0 aromatic heterocycles. The smallest absolute Gasteiger partial charge is 0.137 e. The van der Waals surface area contributed by atoms with Crippen LogP contribution in [0.2, 0.25) is 0 Å². The second-order valence-electron chi connectivity index (χ2n) is 10.0. The van der Waals surface area contributed by atoms with Gasteiger partial charge in [-0.25, -0.2) is 8.78 Å². The van der Waals surface area contributed by atoms with Gasteiger partial charge in [-0.1, -0.05) is 37.7 Å². The summed E-state index contributed by atoms with van der Waals surface area (Å²) in [6.45, 7) is 10.5. The Balaban J connectivity index is 1.28. The number of ether oxygens (including phenoxy) is 1. The Hall–Kier alpha value is -2.41. The van der Waals surface area contributed by atoms with Crippen LogP contribution in [-0.4, -0.2) is 39.3 Å². The summed E-state index contributed by atoms with van der Waals surface area (Å²) in [4.78, 5) is 5.48. The molecule has 3 aromatic rings. The summed E-state index contributed by atoms with van der Waals surface area (Å²) in [6, 6.07) is 18.8. The summed E-state index contributed by atoms with van der Waals surface area (Å²) in [7, 11) is 0. The third-order valence-corrected chi connectivity index (χ3v) is 8.57. The van der Waals surface area contributed by atoms with Crippen LogP contribution in [0.4, 0.5) is 8.78 Å². The van der Waals surface area contributed by atoms with Gasteiger partial charge in [-0.3, -0.25) is 0 Å². The van der Waals surface area contributed by atoms with E-state index in [2.05, 4.69) is 32.0 Å². The third-order valence-electron chi connectivity index (χ3n) is 7.38. The molecule has 6 heteroatoms. The lowest BCUT2D eigenvalue weighted by Gasteiger charge is -2.35. The van der Waals surface area contributed by atoms with Crippen LogP contribution in [0.15, 0.2) is 70.5 Å². The molecule has 0 saturated carbocycles. The Bertz CT molecular complexity index is 1160. The first-order valence-corrected chi connectivity index (χ1v) is 13.4. The second kappa shape index (κ2) is 10.7. The van der Waals surface area contributed by atoms with Gasteiger partial charge in [0.15, 0.2) is 0 Å². The van der Waals surface area contributed by atoms with E-state index in [0.29, 0.717) is 18.6 Å². The molecule has 3 aromatic carbocycles. The molecule has 1 atom stereocenters. The maximum atomic E-state index is 14.0. The van der Waals surface area contributed by atoms with E-state index in [1.807, 2.05) is 6.07 Å². The molecule has 0 spiro atoms. The Labute approximate surface area is 211 Å². The van der Waals surface area contributed by atoms with Gasteiger partial charge < -0.3 is 14.5 Å². The lowest BCUT2D eigenvalue weighted by molar-refractivity contribution is -1.03. The Morgan fingerprint density at radius 1 is 0.886 bits per heavy atom. The summed E-state index contributed by atoms with van der Waals surface area (Å²) in [5.41, 5.74) is 4.03. The Morgan fingerprint density at radius 3 is 2.37 bits per heavy atom. The first kappa shape index (κ1) is 24.3. The average Bonchev–Trinajstić information content (AvgIpc) is 3.01. The summed E-state index contributed by atoms with van der Waals surface area (Å²) in [5.74, 6) is 0.793. The maximum absolute atomic E-state index is 14.0. The highest BCUT2D eigenvalue weighted by molar-refractivity contribution is 7.99. The van der Waals surface area contributed by atoms with Crippen molar-refractivity contribution in [1.82, 2.24) is 0 Å². The number of nitrogens with one attached hydrogen (secondary N) is 2. The fourth-order valence-electron chi connectivity index (χ4n) is 5.26. The minimum absolute atomic E-state index is 0.164. The lowest BCUT2D eigenvalue weighted by Crippen LogP contribution is -3.28. The van der Waals surface area contributed by atoms with Crippen LogP contribution in [0.3, 0.4) is 0 Å². The molecule has 184 valence electrons. The molecule has 0 unspecified atom stereocenters. The zero-order valence-corrected chi connectivity index (χ0v) is 21.3. The van der Waals surface area contributed by atoms with Crippen LogP contribution in [0, 0.1) is 11.6 Å². The largest absolute Gasteiger partial charge is 0.488 e. The number of piperazine rings is 1. The molecule has 1 saturated heterocycles. The molecule has 0 radical (unpaired) electrons. The topological polar surface area (TPSA) is 18.1 Å². The van der Waals surface area contributed by atoms with Crippen molar-refractivity contribution < 1.29 is 23.3 Å². The van der Waals surface area contributed by atoms with Crippen molar-refractivity contribution in [3.05, 3.63) is 89.0 Å². The predicted octanol–water partition coefficient (Wildman–Crippen LogP) is 3.70. The maximum Gasteiger partial charge on any atom is 0.137 e. The summed E-state index contributed by atoms with van der Waals surface area (Å²) >= 11 is 1.72. The van der Waals surface area contributed by atoms with Crippen molar-refractivity contribution in [2.75, 3.05) is 39.3 Å². The van der Waals surface area contributed by atoms with Gasteiger partial charge in [-0.2, -0.15) is 0 Å². The average molecular weight is 497 g/mol. The number of halogens is 2. The van der Waals surface area contributed by atoms with Crippen molar-refractivity contribution in [3.8, 4) is 5.75 Å². The number of quaternary nitrogens is 2. The van der Waals surface area contributed by atoms with E-state index < -0.39 is 0 Å². The minimum Gasteiger partial charge on any atom is -0.488 e. The molecule has 2 aliphatic heterocycles. The van der Waals surface area contributed by atoms with Crippen LogP contribution in [0.25, 0.3) is 0 Å². The van der Waals surface area contributed by atoms with Crippen molar-refractivity contribution in [3.63, 3.8) is 0 Å². The quantitative estimate of drug-likeness (QED) is 0.542. The summed E-state index contributed by atoms with van der Waals surface area (Å²) < 4.78 is 33.0. The fraction of sp³-hybridized carbons (Fsp3) is 0.379. The van der Waals surface area contributed by atoms with Crippen LogP contribution in [-0.2, 0) is 6.42 Å². The molecular formula is C29H34F2N2OS+2. The highest BCUT2D eigenvalue weighted by Gasteiger charge is 2.34. The zero-order chi connectivity index (χ0) is 24.4. The lowest BCUT2D eigenvalue weighted by atomic mass is 9.93. The van der Waals surface area contributed by atoms with Crippen molar-refractivity contribution in [1.29, 1.82) is 0 Å². The summed E-state index contributed by atoms with van der Waals surface area (Å²) in [6.07, 6.45) is 0.940. The molecule has 1 fully saturated rings. The van der Waals surface area contributed by atoms with E-state index in [4.69, 9.17) is 4.74 Å². The first-order valence-electron chi connectivity index (χ1n) is 12.6. The van der Waals surface area contributed by atoms with E-state index in [-0.39, 0.29) is 11.6 Å². The summed E-state index contributed by atoms with van der Waals surface area (Å²) in [5, 5.41) is 0. The van der Waals surface area contributed by atoms with Gasteiger partial charge >= 0.3 is 0 Å². The number of rotatable bonds is 6. The van der Waals surface area contributed by atoms with Crippen molar-refractivity contribution in [2.45, 2.75) is 42.0 Å². The number of benzene rings is 3. The molecular weight excluding hydrogens is 462 g/mol. The molecule has 3 nitrogen and oxygen atoms in total. The predicted molar refractivity (Wildman–Crippen MR) is 136 cm³/mol. The number of fused-ring (bicyclic) bond motifs is 2. The highest BCUT2D eigenvalue weighted by atomic mass is 32.2. The zero-order valence-electron chi connectivity index (χ0n) is 20.5. The fourth-order valence-corrected chi connectivity index (χ4v) is 6.41. The van der Waals surface area contributed by atoms with E-state index in [9.17, 15) is 8.78 Å². The van der Waals surface area contributed by atoms with E-state index in [1.165, 1.54) is 33.7 Å². The number of hydrogen-bond acceptors (Lipinski definition) is 2. The van der Waals surface area contributed by atoms with Crippen LogP contribution >= 0.6 is 11.8 Å². The van der Waals surface area contributed by atoms with E-state index >= 15 is 0 Å². The van der Waals surface area contributed by atoms with Gasteiger partial charge in [-0.15, -0.1) is 0 Å². The van der Waals surface area contributed by atoms with Crippen LogP contribution in [0.5, 0.6) is 5.75 Å². The van der Waals surface area contributed by atoms with Crippen molar-refractivity contribution >= 4 is 11.8 Å². The third kappa shape index (κ3) is 5.71. The molecule has 0 amide bonds. The molecule has 35 heavy (non-hydrogen) atoms. The van der Waals surface area contributed by atoms with Gasteiger partial charge in [-0.05, 0) is 65.6 Å². The van der Waals surface area contributed by atoms with Gasteiger partial charge in [0.2, 0.25) is 0 Å². The van der Waals surface area contributed by atoms with Gasteiger partial charge in [0.1, 0.15) is 62.8 Å². The molecule has 2 N–H and O–H groups in total. The Kier molecular flexibility index (Phi) is 7.42. The van der Waals surface area contributed by atoms with Gasteiger partial charge in [0, 0.05) is 21.8 Å².